The second-order valence-corrected chi connectivity index (χ2v) is 17.9. The Morgan fingerprint density at radius 2 is 0.910 bits per heavy atom. The first-order valence-electron chi connectivity index (χ1n) is 23.2. The van der Waals surface area contributed by atoms with Crippen LogP contribution in [-0.2, 0) is 5.41 Å². The summed E-state index contributed by atoms with van der Waals surface area (Å²) in [7, 11) is 0. The highest BCUT2D eigenvalue weighted by Gasteiger charge is 2.46. The van der Waals surface area contributed by atoms with Crippen molar-refractivity contribution in [1.29, 1.82) is 0 Å². The molecule has 2 aliphatic carbocycles. The van der Waals surface area contributed by atoms with E-state index in [1.54, 1.807) is 0 Å². The highest BCUT2D eigenvalue weighted by Crippen LogP contribution is 2.57. The molecular formula is C65H41NO. The van der Waals surface area contributed by atoms with Crippen molar-refractivity contribution in [1.82, 2.24) is 0 Å². The number of hydrogen-bond acceptors (Lipinski definition) is 2. The average molecular weight is 852 g/mol. The lowest BCUT2D eigenvalue weighted by Gasteiger charge is -2.35. The van der Waals surface area contributed by atoms with Crippen LogP contribution in [0.4, 0.5) is 17.1 Å². The summed E-state index contributed by atoms with van der Waals surface area (Å²) in [6.07, 6.45) is 0. The van der Waals surface area contributed by atoms with Crippen LogP contribution in [0.25, 0.3) is 88.3 Å². The van der Waals surface area contributed by atoms with Crippen LogP contribution in [0, 0.1) is 0 Å². The molecule has 11 aromatic carbocycles. The summed E-state index contributed by atoms with van der Waals surface area (Å²) in [6.45, 7) is 0. The zero-order chi connectivity index (χ0) is 44.1. The van der Waals surface area contributed by atoms with E-state index in [9.17, 15) is 0 Å². The molecule has 0 saturated heterocycles. The Balaban J connectivity index is 0.972. The number of furan rings is 1. The van der Waals surface area contributed by atoms with Crippen LogP contribution in [-0.4, -0.2) is 0 Å². The highest BCUT2D eigenvalue weighted by molar-refractivity contribution is 6.16. The minimum absolute atomic E-state index is 0.532. The molecule has 312 valence electrons. The molecule has 14 rings (SSSR count). The van der Waals surface area contributed by atoms with E-state index >= 15 is 0 Å². The van der Waals surface area contributed by atoms with Crippen LogP contribution >= 0.6 is 0 Å². The lowest BCUT2D eigenvalue weighted by Crippen LogP contribution is -2.28. The average Bonchev–Trinajstić information content (AvgIpc) is 4.04. The Labute approximate surface area is 389 Å². The smallest absolute Gasteiger partial charge is 0.143 e. The fourth-order valence-corrected chi connectivity index (χ4v) is 11.6. The molecule has 1 aromatic heterocycles. The van der Waals surface area contributed by atoms with Crippen LogP contribution in [0.3, 0.4) is 0 Å². The van der Waals surface area contributed by atoms with Crippen molar-refractivity contribution in [3.8, 4) is 55.6 Å². The van der Waals surface area contributed by atoms with Crippen molar-refractivity contribution in [2.24, 2.45) is 0 Å². The minimum Gasteiger partial charge on any atom is -0.455 e. The molecule has 0 N–H and O–H groups in total. The number of hydrogen-bond donors (Lipinski definition) is 0. The lowest BCUT2D eigenvalue weighted by atomic mass is 9.67. The number of anilines is 3. The fraction of sp³-hybridized carbons (Fsp3) is 0.0154. The van der Waals surface area contributed by atoms with Gasteiger partial charge in [0.15, 0.2) is 0 Å². The Morgan fingerprint density at radius 1 is 0.313 bits per heavy atom. The third kappa shape index (κ3) is 5.57. The maximum atomic E-state index is 6.53. The van der Waals surface area contributed by atoms with Crippen LogP contribution in [0.5, 0.6) is 0 Å². The Hall–Kier alpha value is -8.72. The van der Waals surface area contributed by atoms with Crippen LogP contribution in [0.1, 0.15) is 22.3 Å². The number of nitrogens with zero attached hydrogens (tertiary/aromatic N) is 1. The Bertz CT molecular complexity index is 3880. The van der Waals surface area contributed by atoms with E-state index in [0.29, 0.717) is 0 Å². The summed E-state index contributed by atoms with van der Waals surface area (Å²) < 4.78 is 6.53. The molecule has 0 saturated carbocycles. The van der Waals surface area contributed by atoms with Crippen molar-refractivity contribution in [3.05, 3.63) is 271 Å². The molecule has 0 amide bonds. The second-order valence-electron chi connectivity index (χ2n) is 17.9. The predicted molar refractivity (Wildman–Crippen MR) is 279 cm³/mol. The predicted octanol–water partition coefficient (Wildman–Crippen LogP) is 17.6. The van der Waals surface area contributed by atoms with E-state index in [1.807, 2.05) is 6.07 Å². The fourth-order valence-electron chi connectivity index (χ4n) is 11.6. The van der Waals surface area contributed by atoms with Gasteiger partial charge in [-0.05, 0) is 138 Å². The maximum absolute atomic E-state index is 6.53. The zero-order valence-electron chi connectivity index (χ0n) is 36.5. The van der Waals surface area contributed by atoms with Gasteiger partial charge in [-0.3, -0.25) is 0 Å². The third-order valence-corrected chi connectivity index (χ3v) is 14.5. The van der Waals surface area contributed by atoms with Gasteiger partial charge in [0.1, 0.15) is 11.2 Å². The summed E-state index contributed by atoms with van der Waals surface area (Å²) in [5, 5.41) is 4.85. The summed E-state index contributed by atoms with van der Waals surface area (Å²) in [5.41, 5.74) is 21.9. The second kappa shape index (κ2) is 14.7. The number of para-hydroxylation sites is 2. The SMILES string of the molecule is c1ccc(C2(c3ccccc3)c3ccccc3-c3ccc(N(c4ccc(-c5cccc6c5oc5ccccc56)cc4)c4cccc(-c5cc6c7c(cccc7c5)-c5ccccc5-6)c4)cc32)cc1. The Morgan fingerprint density at radius 3 is 1.72 bits per heavy atom. The van der Waals surface area contributed by atoms with Gasteiger partial charge in [-0.15, -0.1) is 0 Å². The Kier molecular flexibility index (Phi) is 8.23. The van der Waals surface area contributed by atoms with Crippen molar-refractivity contribution < 1.29 is 4.42 Å². The van der Waals surface area contributed by atoms with Crippen molar-refractivity contribution in [3.63, 3.8) is 0 Å². The largest absolute Gasteiger partial charge is 0.455 e. The van der Waals surface area contributed by atoms with E-state index in [2.05, 4.69) is 248 Å². The lowest BCUT2D eigenvalue weighted by molar-refractivity contribution is 0.670. The quantitative estimate of drug-likeness (QED) is 0.159. The molecule has 67 heavy (non-hydrogen) atoms. The third-order valence-electron chi connectivity index (χ3n) is 14.5. The first kappa shape index (κ1) is 37.6. The van der Waals surface area contributed by atoms with Gasteiger partial charge < -0.3 is 9.32 Å². The molecule has 0 fully saturated rings. The molecule has 0 radical (unpaired) electrons. The van der Waals surface area contributed by atoms with E-state index in [0.717, 1.165) is 50.1 Å². The highest BCUT2D eigenvalue weighted by atomic mass is 16.3. The van der Waals surface area contributed by atoms with Crippen molar-refractivity contribution in [2.75, 3.05) is 4.90 Å². The molecule has 0 spiro atoms. The molecule has 0 bridgehead atoms. The summed E-state index contributed by atoms with van der Waals surface area (Å²) >= 11 is 0. The van der Waals surface area contributed by atoms with Gasteiger partial charge in [0.25, 0.3) is 0 Å². The molecule has 2 nitrogen and oxygen atoms in total. The first-order valence-corrected chi connectivity index (χ1v) is 23.2. The molecule has 0 aliphatic heterocycles. The summed E-state index contributed by atoms with van der Waals surface area (Å²) in [6, 6.07) is 91.4. The summed E-state index contributed by atoms with van der Waals surface area (Å²) in [5.74, 6) is 0. The van der Waals surface area contributed by atoms with E-state index in [1.165, 1.54) is 77.5 Å². The van der Waals surface area contributed by atoms with Crippen molar-refractivity contribution >= 4 is 49.8 Å². The zero-order valence-corrected chi connectivity index (χ0v) is 36.5. The number of rotatable bonds is 7. The number of benzene rings is 11. The van der Waals surface area contributed by atoms with Crippen LogP contribution in [0.15, 0.2) is 253 Å². The van der Waals surface area contributed by atoms with Gasteiger partial charge in [0.05, 0.1) is 5.41 Å². The normalized spacial score (nSPS) is 12.9. The van der Waals surface area contributed by atoms with E-state index in [4.69, 9.17) is 4.42 Å². The van der Waals surface area contributed by atoms with Gasteiger partial charge in [-0.1, -0.05) is 194 Å². The van der Waals surface area contributed by atoms with Gasteiger partial charge in [-0.25, -0.2) is 0 Å². The van der Waals surface area contributed by atoms with Gasteiger partial charge in [0.2, 0.25) is 0 Å². The topological polar surface area (TPSA) is 16.4 Å². The molecular weight excluding hydrogens is 811 g/mol. The van der Waals surface area contributed by atoms with Gasteiger partial charge >= 0.3 is 0 Å². The molecule has 1 heterocycles. The molecule has 2 heteroatoms. The molecule has 12 aromatic rings. The maximum Gasteiger partial charge on any atom is 0.143 e. The van der Waals surface area contributed by atoms with Crippen LogP contribution < -0.4 is 4.90 Å². The first-order chi connectivity index (χ1) is 33.2. The monoisotopic (exact) mass is 851 g/mol. The molecule has 0 atom stereocenters. The minimum atomic E-state index is -0.532. The molecule has 2 aliphatic rings. The van der Waals surface area contributed by atoms with Crippen molar-refractivity contribution in [2.45, 2.75) is 5.41 Å². The molecule has 0 unspecified atom stereocenters. The van der Waals surface area contributed by atoms with Crippen LogP contribution in [0.2, 0.25) is 0 Å². The van der Waals surface area contributed by atoms with Gasteiger partial charge in [-0.2, -0.15) is 0 Å². The van der Waals surface area contributed by atoms with Gasteiger partial charge in [0, 0.05) is 33.4 Å². The van der Waals surface area contributed by atoms with E-state index < -0.39 is 5.41 Å². The van der Waals surface area contributed by atoms with E-state index in [-0.39, 0.29) is 0 Å². The standard InChI is InChI=1S/C65H41NO/c1-3-18-46(19-4-1)65(47-20-5-2-6-21-47)60-30-11-9-25-54(60)55-37-36-50(41-61(55)65)66(48-34-32-42(33-35-48)51-27-15-29-58-56-26-10-12-31-62(56)67-64(51)58)49-22-13-16-43(39-49)45-38-44-17-14-28-57-52-23-7-8-24-53(52)59(40-45)63(44)57/h1-41H. The number of fused-ring (bicyclic) bond motifs is 9. The summed E-state index contributed by atoms with van der Waals surface area (Å²) in [4.78, 5) is 2.44.